The molecule has 0 spiro atoms. The predicted molar refractivity (Wildman–Crippen MR) is 89.9 cm³/mol. The van der Waals surface area contributed by atoms with Gasteiger partial charge in [-0.2, -0.15) is 5.26 Å². The minimum absolute atomic E-state index is 0.174. The van der Waals surface area contributed by atoms with E-state index in [-0.39, 0.29) is 11.4 Å². The topological polar surface area (TPSA) is 92.5 Å². The summed E-state index contributed by atoms with van der Waals surface area (Å²) >= 11 is 0. The molecule has 1 aliphatic rings. The molecule has 0 aromatic carbocycles. The summed E-state index contributed by atoms with van der Waals surface area (Å²) in [4.78, 5) is 30.0. The second-order valence-electron chi connectivity index (χ2n) is 6.02. The molecule has 0 radical (unpaired) electrons. The number of likely N-dealkylation sites (N-methyl/N-ethyl adjacent to an activating group) is 1. The van der Waals surface area contributed by atoms with Crippen LogP contribution < -0.4 is 4.74 Å². The summed E-state index contributed by atoms with van der Waals surface area (Å²) in [6.07, 6.45) is 5.71. The molecule has 7 nitrogen and oxygen atoms in total. The zero-order valence-corrected chi connectivity index (χ0v) is 14.7. The minimum atomic E-state index is -0.799. The van der Waals surface area contributed by atoms with Gasteiger partial charge in [0.05, 0.1) is 12.7 Å². The zero-order valence-electron chi connectivity index (χ0n) is 14.7. The smallest absolute Gasteiger partial charge is 0.344 e. The second kappa shape index (κ2) is 8.47. The third-order valence-electron chi connectivity index (χ3n) is 4.50. The molecule has 0 atom stereocenters. The largest absolute Gasteiger partial charge is 0.477 e. The Balaban J connectivity index is 1.99. The van der Waals surface area contributed by atoms with Gasteiger partial charge in [0.1, 0.15) is 11.1 Å². The van der Waals surface area contributed by atoms with Crippen LogP contribution in [0.3, 0.4) is 0 Å². The molecule has 0 unspecified atom stereocenters. The molecule has 1 amide bonds. The Hall–Kier alpha value is -2.62. The molecule has 0 N–H and O–H groups in total. The van der Waals surface area contributed by atoms with Gasteiger partial charge in [-0.25, -0.2) is 9.78 Å². The number of amides is 1. The van der Waals surface area contributed by atoms with Gasteiger partial charge in [0, 0.05) is 13.2 Å². The van der Waals surface area contributed by atoms with E-state index in [1.807, 2.05) is 0 Å². The van der Waals surface area contributed by atoms with Crippen molar-refractivity contribution in [2.45, 2.75) is 44.6 Å². The number of rotatable bonds is 6. The third kappa shape index (κ3) is 4.27. The number of aromatic nitrogens is 1. The highest BCUT2D eigenvalue weighted by molar-refractivity contribution is 5.93. The number of pyridine rings is 1. The number of hydrogen-bond acceptors (Lipinski definition) is 6. The fraction of sp³-hybridized carbons (Fsp3) is 0.556. The number of carbonyl (C=O) groups excluding carboxylic acids is 2. The van der Waals surface area contributed by atoms with Crippen LogP contribution >= 0.6 is 0 Å². The van der Waals surface area contributed by atoms with Crippen molar-refractivity contribution in [3.63, 3.8) is 0 Å². The highest BCUT2D eigenvalue weighted by Gasteiger charge is 2.39. The number of nitrogens with zero attached hydrogens (tertiary/aromatic N) is 3. The van der Waals surface area contributed by atoms with Crippen molar-refractivity contribution < 1.29 is 19.1 Å². The first-order valence-electron chi connectivity index (χ1n) is 8.47. The van der Waals surface area contributed by atoms with Crippen LogP contribution in [0.15, 0.2) is 18.3 Å². The second-order valence-corrected chi connectivity index (χ2v) is 6.02. The van der Waals surface area contributed by atoms with Gasteiger partial charge in [-0.3, -0.25) is 4.79 Å². The van der Waals surface area contributed by atoms with E-state index in [1.165, 1.54) is 17.2 Å². The maximum absolute atomic E-state index is 12.4. The molecule has 134 valence electrons. The van der Waals surface area contributed by atoms with Crippen LogP contribution in [0.4, 0.5) is 0 Å². The Morgan fingerprint density at radius 1 is 1.36 bits per heavy atom. The van der Waals surface area contributed by atoms with Crippen LogP contribution in [0, 0.1) is 11.3 Å². The van der Waals surface area contributed by atoms with Crippen LogP contribution in [0.1, 0.15) is 49.4 Å². The molecule has 1 aromatic rings. The zero-order chi connectivity index (χ0) is 18.3. The molecule has 1 fully saturated rings. The summed E-state index contributed by atoms with van der Waals surface area (Å²) in [6, 6.07) is 5.41. The maximum atomic E-state index is 12.4. The van der Waals surface area contributed by atoms with E-state index < -0.39 is 24.0 Å². The number of carbonyl (C=O) groups is 2. The van der Waals surface area contributed by atoms with Crippen molar-refractivity contribution >= 4 is 11.9 Å². The fourth-order valence-electron chi connectivity index (χ4n) is 3.00. The van der Waals surface area contributed by atoms with Crippen LogP contribution in [-0.2, 0) is 9.53 Å². The monoisotopic (exact) mass is 345 g/mol. The molecule has 7 heteroatoms. The summed E-state index contributed by atoms with van der Waals surface area (Å²) in [6.45, 7) is 1.73. The van der Waals surface area contributed by atoms with Crippen molar-refractivity contribution in [3.05, 3.63) is 23.9 Å². The number of nitriles is 1. The Morgan fingerprint density at radius 2 is 2.08 bits per heavy atom. The van der Waals surface area contributed by atoms with Gasteiger partial charge < -0.3 is 14.4 Å². The Kier molecular flexibility index (Phi) is 6.34. The molecular weight excluding hydrogens is 322 g/mol. The van der Waals surface area contributed by atoms with Crippen molar-refractivity contribution in [2.75, 3.05) is 20.3 Å². The van der Waals surface area contributed by atoms with E-state index in [9.17, 15) is 14.9 Å². The van der Waals surface area contributed by atoms with Crippen molar-refractivity contribution in [2.24, 2.45) is 0 Å². The first-order valence-corrected chi connectivity index (χ1v) is 8.47. The van der Waals surface area contributed by atoms with Gasteiger partial charge in [0.2, 0.25) is 5.88 Å². The third-order valence-corrected chi connectivity index (χ3v) is 4.50. The van der Waals surface area contributed by atoms with Gasteiger partial charge in [0.15, 0.2) is 6.61 Å². The lowest BCUT2D eigenvalue weighted by molar-refractivity contribution is -0.138. The average Bonchev–Trinajstić information content (AvgIpc) is 2.66. The SMILES string of the molecule is CCOc1ncccc1C(=O)OCC(=O)N(C)C1(C#N)CCCCC1. The normalized spacial score (nSPS) is 15.7. The molecule has 1 aromatic heterocycles. The molecular formula is C18H23N3O4. The molecule has 0 aliphatic heterocycles. The molecule has 1 aliphatic carbocycles. The highest BCUT2D eigenvalue weighted by Crippen LogP contribution is 2.32. The van der Waals surface area contributed by atoms with Crippen molar-refractivity contribution in [1.29, 1.82) is 5.26 Å². The van der Waals surface area contributed by atoms with E-state index >= 15 is 0 Å². The summed E-state index contributed by atoms with van der Waals surface area (Å²) in [7, 11) is 1.60. The van der Waals surface area contributed by atoms with Crippen LogP contribution in [0.25, 0.3) is 0 Å². The Bertz CT molecular complexity index is 663. The summed E-state index contributed by atoms with van der Waals surface area (Å²) in [5.74, 6) is -0.886. The summed E-state index contributed by atoms with van der Waals surface area (Å²) < 4.78 is 10.4. The molecule has 1 heterocycles. The van der Waals surface area contributed by atoms with Crippen LogP contribution in [0.5, 0.6) is 5.88 Å². The van der Waals surface area contributed by atoms with E-state index in [1.54, 1.807) is 20.0 Å². The van der Waals surface area contributed by atoms with Crippen LogP contribution in [-0.4, -0.2) is 47.6 Å². The van der Waals surface area contributed by atoms with Gasteiger partial charge in [-0.15, -0.1) is 0 Å². The Morgan fingerprint density at radius 3 is 2.72 bits per heavy atom. The number of esters is 1. The lowest BCUT2D eigenvalue weighted by atomic mass is 9.81. The van der Waals surface area contributed by atoms with E-state index in [4.69, 9.17) is 9.47 Å². The lowest BCUT2D eigenvalue weighted by Crippen LogP contribution is -2.51. The molecule has 0 bridgehead atoms. The van der Waals surface area contributed by atoms with Crippen molar-refractivity contribution in [1.82, 2.24) is 9.88 Å². The molecule has 25 heavy (non-hydrogen) atoms. The average molecular weight is 345 g/mol. The lowest BCUT2D eigenvalue weighted by Gasteiger charge is -2.38. The van der Waals surface area contributed by atoms with Crippen LogP contribution in [0.2, 0.25) is 0 Å². The minimum Gasteiger partial charge on any atom is -0.477 e. The molecule has 1 saturated carbocycles. The van der Waals surface area contributed by atoms with Gasteiger partial charge in [0.25, 0.3) is 5.91 Å². The number of hydrogen-bond donors (Lipinski definition) is 0. The standard InChI is InChI=1S/C18H23N3O4/c1-3-24-16-14(8-7-11-20-16)17(23)25-12-15(22)21(2)18(13-19)9-5-4-6-10-18/h7-8,11H,3-6,9-10,12H2,1-2H3. The predicted octanol–water partition coefficient (Wildman–Crippen LogP) is 2.32. The van der Waals surface area contributed by atoms with Gasteiger partial charge in [-0.05, 0) is 31.9 Å². The van der Waals surface area contributed by atoms with Gasteiger partial charge >= 0.3 is 5.97 Å². The van der Waals surface area contributed by atoms with E-state index in [0.717, 1.165) is 19.3 Å². The quantitative estimate of drug-likeness (QED) is 0.735. The highest BCUT2D eigenvalue weighted by atomic mass is 16.5. The molecule has 2 rings (SSSR count). The summed E-state index contributed by atoms with van der Waals surface area (Å²) in [5.41, 5.74) is -0.626. The molecule has 0 saturated heterocycles. The first-order chi connectivity index (χ1) is 12.0. The van der Waals surface area contributed by atoms with Gasteiger partial charge in [-0.1, -0.05) is 19.3 Å². The Labute approximate surface area is 147 Å². The summed E-state index contributed by atoms with van der Waals surface area (Å²) in [5, 5.41) is 9.54. The van der Waals surface area contributed by atoms with E-state index in [0.29, 0.717) is 19.4 Å². The van der Waals surface area contributed by atoms with Crippen molar-refractivity contribution in [3.8, 4) is 11.9 Å². The maximum Gasteiger partial charge on any atom is 0.344 e. The van der Waals surface area contributed by atoms with E-state index in [2.05, 4.69) is 11.1 Å². The number of ether oxygens (including phenoxy) is 2. The fourth-order valence-corrected chi connectivity index (χ4v) is 3.00. The first kappa shape index (κ1) is 18.7.